The normalized spacial score (nSPS) is 10.7. The van der Waals surface area contributed by atoms with Crippen LogP contribution in [0.4, 0.5) is 0 Å². The van der Waals surface area contributed by atoms with E-state index in [1.54, 1.807) is 0 Å². The largest absolute Gasteiger partial charge is 0.480 e. The molecule has 4 nitrogen and oxygen atoms in total. The molecule has 0 saturated carbocycles. The number of hydrogen-bond donors (Lipinski definition) is 1. The first-order chi connectivity index (χ1) is 9.54. The third-order valence-electron chi connectivity index (χ3n) is 2.49. The Bertz CT molecular complexity index is 435. The minimum Gasteiger partial charge on any atom is -0.480 e. The van der Waals surface area contributed by atoms with Crippen LogP contribution >= 0.6 is 15.9 Å². The van der Waals surface area contributed by atoms with Crippen LogP contribution in [0.1, 0.15) is 32.8 Å². The minimum atomic E-state index is -0.358. The fourth-order valence-electron chi connectivity index (χ4n) is 1.68. The number of carbonyl (C=O) groups is 1. The van der Waals surface area contributed by atoms with Crippen LogP contribution in [0, 0.1) is 0 Å². The Kier molecular flexibility index (Phi) is 7.62. The smallest absolute Gasteiger partial charge is 0.344 e. The highest BCUT2D eigenvalue weighted by Crippen LogP contribution is 2.29. The zero-order valence-corrected chi connectivity index (χ0v) is 13.8. The number of esters is 1. The van der Waals surface area contributed by atoms with Gasteiger partial charge >= 0.3 is 5.97 Å². The van der Waals surface area contributed by atoms with Crippen molar-refractivity contribution in [2.75, 3.05) is 13.2 Å². The predicted molar refractivity (Wildman–Crippen MR) is 82.9 cm³/mol. The molecular formula is C15H22BrNO3. The van der Waals surface area contributed by atoms with Gasteiger partial charge in [-0.1, -0.05) is 19.1 Å². The van der Waals surface area contributed by atoms with Gasteiger partial charge in [0.05, 0.1) is 10.6 Å². The second kappa shape index (κ2) is 8.97. The van der Waals surface area contributed by atoms with Gasteiger partial charge in [-0.05, 0) is 48.8 Å². The SMILES string of the molecule is CCCNCc1cccc(Br)c1OCC(=O)OC(C)C. The van der Waals surface area contributed by atoms with Crippen molar-refractivity contribution in [2.45, 2.75) is 39.8 Å². The van der Waals surface area contributed by atoms with Crippen molar-refractivity contribution in [2.24, 2.45) is 0 Å². The van der Waals surface area contributed by atoms with E-state index in [0.717, 1.165) is 23.0 Å². The van der Waals surface area contributed by atoms with Gasteiger partial charge in [-0.3, -0.25) is 0 Å². The molecule has 0 aliphatic rings. The lowest BCUT2D eigenvalue weighted by Crippen LogP contribution is -2.20. The van der Waals surface area contributed by atoms with Crippen molar-refractivity contribution in [1.29, 1.82) is 0 Å². The van der Waals surface area contributed by atoms with Crippen LogP contribution < -0.4 is 10.1 Å². The molecule has 0 aromatic heterocycles. The van der Waals surface area contributed by atoms with Crippen LogP contribution in [0.5, 0.6) is 5.75 Å². The van der Waals surface area contributed by atoms with Gasteiger partial charge in [0.25, 0.3) is 0 Å². The summed E-state index contributed by atoms with van der Waals surface area (Å²) < 4.78 is 11.5. The lowest BCUT2D eigenvalue weighted by Gasteiger charge is -2.14. The standard InChI is InChI=1S/C15H22BrNO3/c1-4-8-17-9-12-6-5-7-13(16)15(12)19-10-14(18)20-11(2)3/h5-7,11,17H,4,8-10H2,1-3H3. The lowest BCUT2D eigenvalue weighted by atomic mass is 10.2. The quantitative estimate of drug-likeness (QED) is 0.581. The van der Waals surface area contributed by atoms with E-state index in [1.807, 2.05) is 32.0 Å². The molecule has 0 heterocycles. The Morgan fingerprint density at radius 3 is 2.80 bits per heavy atom. The molecule has 0 unspecified atom stereocenters. The molecule has 1 aromatic rings. The molecule has 0 atom stereocenters. The van der Waals surface area contributed by atoms with E-state index in [0.29, 0.717) is 12.3 Å². The molecule has 112 valence electrons. The second-order valence-corrected chi connectivity index (χ2v) is 5.59. The molecule has 5 heteroatoms. The van der Waals surface area contributed by atoms with E-state index >= 15 is 0 Å². The summed E-state index contributed by atoms with van der Waals surface area (Å²) in [5.41, 5.74) is 1.02. The van der Waals surface area contributed by atoms with Gasteiger partial charge < -0.3 is 14.8 Å². The molecule has 0 aliphatic carbocycles. The third-order valence-corrected chi connectivity index (χ3v) is 3.12. The highest BCUT2D eigenvalue weighted by Gasteiger charge is 2.12. The maximum Gasteiger partial charge on any atom is 0.344 e. The Balaban J connectivity index is 2.65. The number of ether oxygens (including phenoxy) is 2. The van der Waals surface area contributed by atoms with E-state index in [1.165, 1.54) is 0 Å². The number of nitrogens with one attached hydrogen (secondary N) is 1. The summed E-state index contributed by atoms with van der Waals surface area (Å²) in [7, 11) is 0. The zero-order chi connectivity index (χ0) is 15.0. The van der Waals surface area contributed by atoms with Crippen molar-refractivity contribution < 1.29 is 14.3 Å². The van der Waals surface area contributed by atoms with Gasteiger partial charge in [0.15, 0.2) is 6.61 Å². The van der Waals surface area contributed by atoms with Crippen LogP contribution in [0.3, 0.4) is 0 Å². The van der Waals surface area contributed by atoms with Gasteiger partial charge in [0.2, 0.25) is 0 Å². The molecule has 0 bridgehead atoms. The second-order valence-electron chi connectivity index (χ2n) is 4.73. The Labute approximate surface area is 129 Å². The number of halogens is 1. The molecular weight excluding hydrogens is 322 g/mol. The fourth-order valence-corrected chi connectivity index (χ4v) is 2.20. The average Bonchev–Trinajstić information content (AvgIpc) is 2.37. The fraction of sp³-hybridized carbons (Fsp3) is 0.533. The van der Waals surface area contributed by atoms with E-state index in [2.05, 4.69) is 28.2 Å². The minimum absolute atomic E-state index is 0.0818. The highest BCUT2D eigenvalue weighted by atomic mass is 79.9. The number of hydrogen-bond acceptors (Lipinski definition) is 4. The lowest BCUT2D eigenvalue weighted by molar-refractivity contribution is -0.149. The van der Waals surface area contributed by atoms with Crippen LogP contribution in [0.25, 0.3) is 0 Å². The summed E-state index contributed by atoms with van der Waals surface area (Å²) >= 11 is 3.45. The van der Waals surface area contributed by atoms with Crippen LogP contribution in [-0.2, 0) is 16.1 Å². The summed E-state index contributed by atoms with van der Waals surface area (Å²) in [6.07, 6.45) is 0.946. The van der Waals surface area contributed by atoms with Gasteiger partial charge in [-0.2, -0.15) is 0 Å². The first-order valence-corrected chi connectivity index (χ1v) is 7.64. The average molecular weight is 344 g/mol. The molecule has 0 aliphatic heterocycles. The van der Waals surface area contributed by atoms with E-state index in [-0.39, 0.29) is 18.7 Å². The molecule has 20 heavy (non-hydrogen) atoms. The van der Waals surface area contributed by atoms with Crippen molar-refractivity contribution in [1.82, 2.24) is 5.32 Å². The Morgan fingerprint density at radius 2 is 2.15 bits per heavy atom. The number of benzene rings is 1. The van der Waals surface area contributed by atoms with Crippen molar-refractivity contribution in [3.63, 3.8) is 0 Å². The van der Waals surface area contributed by atoms with Crippen molar-refractivity contribution >= 4 is 21.9 Å². The van der Waals surface area contributed by atoms with Crippen molar-refractivity contribution in [3.05, 3.63) is 28.2 Å². The summed E-state index contributed by atoms with van der Waals surface area (Å²) in [5.74, 6) is 0.333. The molecule has 1 N–H and O–H groups in total. The van der Waals surface area contributed by atoms with E-state index in [4.69, 9.17) is 9.47 Å². The molecule has 0 radical (unpaired) electrons. The van der Waals surface area contributed by atoms with E-state index in [9.17, 15) is 4.79 Å². The maximum absolute atomic E-state index is 11.5. The Morgan fingerprint density at radius 1 is 1.40 bits per heavy atom. The zero-order valence-electron chi connectivity index (χ0n) is 12.2. The summed E-state index contributed by atoms with van der Waals surface area (Å²) in [6.45, 7) is 7.32. The van der Waals surface area contributed by atoms with Crippen LogP contribution in [-0.4, -0.2) is 25.2 Å². The Hall–Kier alpha value is -1.07. The van der Waals surface area contributed by atoms with E-state index < -0.39 is 0 Å². The molecule has 0 saturated heterocycles. The number of rotatable bonds is 8. The summed E-state index contributed by atoms with van der Waals surface area (Å²) in [4.78, 5) is 11.5. The van der Waals surface area contributed by atoms with Gasteiger partial charge in [-0.15, -0.1) is 0 Å². The third kappa shape index (κ3) is 5.92. The molecule has 1 aromatic carbocycles. The molecule has 0 amide bonds. The summed E-state index contributed by atoms with van der Waals surface area (Å²) in [6, 6.07) is 5.83. The molecule has 0 fully saturated rings. The number of para-hydroxylation sites is 1. The highest BCUT2D eigenvalue weighted by molar-refractivity contribution is 9.10. The predicted octanol–water partition coefficient (Wildman–Crippen LogP) is 3.28. The van der Waals surface area contributed by atoms with Gasteiger partial charge in [0.1, 0.15) is 5.75 Å². The summed E-state index contributed by atoms with van der Waals surface area (Å²) in [5, 5.41) is 3.32. The monoisotopic (exact) mass is 343 g/mol. The van der Waals surface area contributed by atoms with Gasteiger partial charge in [-0.25, -0.2) is 4.79 Å². The van der Waals surface area contributed by atoms with Crippen LogP contribution in [0.2, 0.25) is 0 Å². The first-order valence-electron chi connectivity index (χ1n) is 6.85. The number of carbonyl (C=O) groups excluding carboxylic acids is 1. The van der Waals surface area contributed by atoms with Crippen LogP contribution in [0.15, 0.2) is 22.7 Å². The van der Waals surface area contributed by atoms with Gasteiger partial charge in [0, 0.05) is 12.1 Å². The first kappa shape index (κ1) is 17.0. The topological polar surface area (TPSA) is 47.6 Å². The molecule has 1 rings (SSSR count). The van der Waals surface area contributed by atoms with Crippen molar-refractivity contribution in [3.8, 4) is 5.75 Å². The maximum atomic E-state index is 11.5. The molecule has 0 spiro atoms.